The van der Waals surface area contributed by atoms with Gasteiger partial charge in [-0.15, -0.1) is 0 Å². The van der Waals surface area contributed by atoms with Crippen LogP contribution in [-0.4, -0.2) is 14.2 Å². The minimum Gasteiger partial charge on any atom is -0.263 e. The molecular weight excluding hydrogens is 254 g/mol. The van der Waals surface area contributed by atoms with E-state index in [0.29, 0.717) is 0 Å². The molecule has 0 saturated heterocycles. The summed E-state index contributed by atoms with van der Waals surface area (Å²) in [5.41, 5.74) is 0. The van der Waals surface area contributed by atoms with Crippen LogP contribution < -0.4 is 0 Å². The maximum atomic E-state index is 10.2. The van der Waals surface area contributed by atoms with Crippen molar-refractivity contribution in [2.45, 2.75) is 23.1 Å². The van der Waals surface area contributed by atoms with Crippen LogP contribution >= 0.6 is 31.9 Å². The lowest BCUT2D eigenvalue weighted by Gasteiger charge is -2.15. The summed E-state index contributed by atoms with van der Waals surface area (Å²) in [4.78, 5) is 9.64. The normalized spacial score (nSPS) is 20.4. The van der Waals surface area contributed by atoms with Crippen LogP contribution in [0.5, 0.6) is 0 Å². The molecule has 0 aromatic rings. The summed E-state index contributed by atoms with van der Waals surface area (Å²) in [7, 11) is 0. The van der Waals surface area contributed by atoms with E-state index in [9.17, 15) is 10.1 Å². The molecule has 0 rings (SSSR count). The molecule has 5 heteroatoms. The number of alkyl halides is 2. The molecular formula is C4H7Br2NO2. The highest BCUT2D eigenvalue weighted by Crippen LogP contribution is 2.27. The first kappa shape index (κ1) is 9.36. The zero-order chi connectivity index (χ0) is 7.65. The van der Waals surface area contributed by atoms with E-state index in [1.807, 2.05) is 0 Å². The summed E-state index contributed by atoms with van der Waals surface area (Å²) in [5.74, 6) is 0. The van der Waals surface area contributed by atoms with Crippen molar-refractivity contribution < 1.29 is 4.92 Å². The van der Waals surface area contributed by atoms with Crippen LogP contribution in [0.15, 0.2) is 0 Å². The molecule has 2 atom stereocenters. The molecule has 0 N–H and O–H groups in total. The van der Waals surface area contributed by atoms with Crippen LogP contribution in [0.2, 0.25) is 0 Å². The lowest BCUT2D eigenvalue weighted by Crippen LogP contribution is -2.35. The van der Waals surface area contributed by atoms with Crippen molar-refractivity contribution in [2.75, 3.05) is 0 Å². The van der Waals surface area contributed by atoms with E-state index in [1.165, 1.54) is 6.92 Å². The fourth-order valence-electron chi connectivity index (χ4n) is 0.145. The third-order valence-corrected chi connectivity index (χ3v) is 3.57. The molecule has 9 heavy (non-hydrogen) atoms. The molecule has 0 aliphatic heterocycles. The minimum atomic E-state index is -1.05. The Kier molecular flexibility index (Phi) is 3.08. The number of hydrogen-bond acceptors (Lipinski definition) is 2. The van der Waals surface area contributed by atoms with Crippen LogP contribution in [0.3, 0.4) is 0 Å². The van der Waals surface area contributed by atoms with Gasteiger partial charge in [0.1, 0.15) is 0 Å². The van der Waals surface area contributed by atoms with Crippen molar-refractivity contribution in [3.05, 3.63) is 10.1 Å². The lowest BCUT2D eigenvalue weighted by molar-refractivity contribution is -0.529. The number of hydrogen-bond donors (Lipinski definition) is 0. The summed E-state index contributed by atoms with van der Waals surface area (Å²) in [6.07, 6.45) is 0. The van der Waals surface area contributed by atoms with Crippen molar-refractivity contribution in [3.8, 4) is 0 Å². The van der Waals surface area contributed by atoms with Gasteiger partial charge in [0.25, 0.3) is 4.45 Å². The Balaban J connectivity index is 4.19. The second-order valence-corrected chi connectivity index (χ2v) is 4.88. The van der Waals surface area contributed by atoms with Gasteiger partial charge in [0, 0.05) is 27.8 Å². The number of nitro groups is 1. The van der Waals surface area contributed by atoms with Crippen LogP contribution in [0, 0.1) is 10.1 Å². The quantitative estimate of drug-likeness (QED) is 0.331. The highest BCUT2D eigenvalue weighted by Gasteiger charge is 2.38. The van der Waals surface area contributed by atoms with Crippen molar-refractivity contribution in [2.24, 2.45) is 0 Å². The summed E-state index contributed by atoms with van der Waals surface area (Å²) < 4.78 is -1.05. The average Bonchev–Trinajstić information content (AvgIpc) is 1.65. The highest BCUT2D eigenvalue weighted by molar-refractivity contribution is 9.12. The van der Waals surface area contributed by atoms with E-state index in [2.05, 4.69) is 31.9 Å². The van der Waals surface area contributed by atoms with Gasteiger partial charge in [0.05, 0.1) is 4.83 Å². The van der Waals surface area contributed by atoms with E-state index >= 15 is 0 Å². The standard InChI is InChI=1S/C4H7Br2NO2/c1-3(5)4(2,6)7(8)9/h3H,1-2H3. The molecule has 54 valence electrons. The summed E-state index contributed by atoms with van der Waals surface area (Å²) in [6, 6.07) is 0. The van der Waals surface area contributed by atoms with Gasteiger partial charge in [-0.2, -0.15) is 0 Å². The zero-order valence-electron chi connectivity index (χ0n) is 5.10. The first-order valence-corrected chi connectivity index (χ1v) is 4.07. The molecule has 0 amide bonds. The highest BCUT2D eigenvalue weighted by atomic mass is 79.9. The molecule has 3 nitrogen and oxygen atoms in total. The largest absolute Gasteiger partial charge is 0.283 e. The Hall–Kier alpha value is 0.360. The Morgan fingerprint density at radius 3 is 2.11 bits per heavy atom. The number of halogens is 2. The fourth-order valence-corrected chi connectivity index (χ4v) is 0.312. The summed E-state index contributed by atoms with van der Waals surface area (Å²) in [6.45, 7) is 3.23. The van der Waals surface area contributed by atoms with Crippen LogP contribution in [0.25, 0.3) is 0 Å². The summed E-state index contributed by atoms with van der Waals surface area (Å²) in [5, 5.41) is 10.2. The Morgan fingerprint density at radius 2 is 2.11 bits per heavy atom. The van der Waals surface area contributed by atoms with Gasteiger partial charge < -0.3 is 0 Å². The van der Waals surface area contributed by atoms with Crippen molar-refractivity contribution >= 4 is 31.9 Å². The molecule has 0 fully saturated rings. The van der Waals surface area contributed by atoms with E-state index in [0.717, 1.165) is 0 Å². The maximum Gasteiger partial charge on any atom is 0.283 e. The Morgan fingerprint density at radius 1 is 1.78 bits per heavy atom. The van der Waals surface area contributed by atoms with Gasteiger partial charge in [-0.3, -0.25) is 10.1 Å². The first-order valence-electron chi connectivity index (χ1n) is 2.36. The molecule has 0 aliphatic carbocycles. The number of nitrogens with zero attached hydrogens (tertiary/aromatic N) is 1. The predicted molar refractivity (Wildman–Crippen MR) is 42.7 cm³/mol. The van der Waals surface area contributed by atoms with E-state index in [1.54, 1.807) is 6.92 Å². The van der Waals surface area contributed by atoms with E-state index < -0.39 is 4.45 Å². The first-order chi connectivity index (χ1) is 3.89. The molecule has 0 spiro atoms. The molecule has 0 aromatic heterocycles. The van der Waals surface area contributed by atoms with E-state index in [-0.39, 0.29) is 9.75 Å². The fraction of sp³-hybridized carbons (Fsp3) is 1.00. The zero-order valence-corrected chi connectivity index (χ0v) is 8.27. The van der Waals surface area contributed by atoms with Gasteiger partial charge in [-0.25, -0.2) is 0 Å². The number of rotatable bonds is 2. The lowest BCUT2D eigenvalue weighted by atomic mass is 10.3. The van der Waals surface area contributed by atoms with Gasteiger partial charge >= 0.3 is 0 Å². The van der Waals surface area contributed by atoms with Crippen molar-refractivity contribution in [1.82, 2.24) is 0 Å². The SMILES string of the molecule is CC(Br)C(C)(Br)[N+](=O)[O-]. The molecule has 0 aliphatic rings. The minimum absolute atomic E-state index is 0.181. The van der Waals surface area contributed by atoms with Gasteiger partial charge in [-0.05, 0) is 6.92 Å². The Bertz CT molecular complexity index is 124. The topological polar surface area (TPSA) is 43.1 Å². The molecule has 0 heterocycles. The predicted octanol–water partition coefficient (Wildman–Crippen LogP) is 2.16. The third-order valence-electron chi connectivity index (χ3n) is 1.08. The van der Waals surface area contributed by atoms with Crippen molar-refractivity contribution in [3.63, 3.8) is 0 Å². The monoisotopic (exact) mass is 259 g/mol. The average molecular weight is 261 g/mol. The van der Waals surface area contributed by atoms with E-state index in [4.69, 9.17) is 0 Å². The van der Waals surface area contributed by atoms with Gasteiger partial charge in [0.15, 0.2) is 0 Å². The summed E-state index contributed by atoms with van der Waals surface area (Å²) >= 11 is 6.07. The van der Waals surface area contributed by atoms with Crippen LogP contribution in [0.4, 0.5) is 0 Å². The van der Waals surface area contributed by atoms with Crippen LogP contribution in [0.1, 0.15) is 13.8 Å². The third kappa shape index (κ3) is 2.21. The molecule has 0 radical (unpaired) electrons. The van der Waals surface area contributed by atoms with Gasteiger partial charge in [0.2, 0.25) is 0 Å². The second-order valence-electron chi connectivity index (χ2n) is 1.90. The molecule has 2 unspecified atom stereocenters. The van der Waals surface area contributed by atoms with Gasteiger partial charge in [-0.1, -0.05) is 15.9 Å². The van der Waals surface area contributed by atoms with Crippen molar-refractivity contribution in [1.29, 1.82) is 0 Å². The molecule has 0 saturated carbocycles. The molecule has 0 aromatic carbocycles. The Labute approximate surface area is 70.2 Å². The van der Waals surface area contributed by atoms with Crippen LogP contribution in [-0.2, 0) is 0 Å². The smallest absolute Gasteiger partial charge is 0.263 e. The maximum absolute atomic E-state index is 10.2. The molecule has 0 bridgehead atoms. The second kappa shape index (κ2) is 2.96.